The number of aryl methyl sites for hydroxylation is 2. The summed E-state index contributed by atoms with van der Waals surface area (Å²) in [6.07, 6.45) is 2.35. The Balaban J connectivity index is 1.69. The van der Waals surface area contributed by atoms with Crippen LogP contribution in [0.1, 0.15) is 17.5 Å². The first kappa shape index (κ1) is 12.1. The zero-order valence-corrected chi connectivity index (χ0v) is 11.2. The van der Waals surface area contributed by atoms with Gasteiger partial charge in [0.25, 0.3) is 0 Å². The first-order valence-electron chi connectivity index (χ1n) is 6.86. The molecule has 3 rings (SSSR count). The minimum atomic E-state index is 0.231. The Morgan fingerprint density at radius 1 is 1.11 bits per heavy atom. The predicted molar refractivity (Wildman–Crippen MR) is 78.8 cm³/mol. The molecule has 0 aliphatic carbocycles. The van der Waals surface area contributed by atoms with Gasteiger partial charge in [-0.25, -0.2) is 0 Å². The number of ether oxygens (including phenoxy) is 1. The van der Waals surface area contributed by atoms with Crippen LogP contribution in [0.25, 0.3) is 0 Å². The molecule has 0 spiro atoms. The van der Waals surface area contributed by atoms with Crippen molar-refractivity contribution in [3.8, 4) is 5.75 Å². The van der Waals surface area contributed by atoms with Crippen LogP contribution in [0, 0.1) is 6.92 Å². The smallest absolute Gasteiger partial charge is 0.120 e. The Kier molecular flexibility index (Phi) is 3.41. The summed E-state index contributed by atoms with van der Waals surface area (Å²) in [4.78, 5) is 0. The third-order valence-electron chi connectivity index (χ3n) is 3.57. The Labute approximate surface area is 114 Å². The minimum absolute atomic E-state index is 0.231. The van der Waals surface area contributed by atoms with Crippen LogP contribution < -0.4 is 10.1 Å². The van der Waals surface area contributed by atoms with Gasteiger partial charge in [0.2, 0.25) is 0 Å². The lowest BCUT2D eigenvalue weighted by molar-refractivity contribution is 0.206. The molecule has 98 valence electrons. The van der Waals surface area contributed by atoms with E-state index in [-0.39, 0.29) is 6.10 Å². The molecular formula is C17H19NO. The van der Waals surface area contributed by atoms with E-state index < -0.39 is 0 Å². The van der Waals surface area contributed by atoms with Gasteiger partial charge in [-0.1, -0.05) is 30.3 Å². The van der Waals surface area contributed by atoms with Crippen molar-refractivity contribution in [3.05, 3.63) is 59.7 Å². The van der Waals surface area contributed by atoms with Crippen molar-refractivity contribution in [2.75, 3.05) is 11.9 Å². The van der Waals surface area contributed by atoms with Crippen molar-refractivity contribution >= 4 is 5.69 Å². The van der Waals surface area contributed by atoms with Gasteiger partial charge in [0.1, 0.15) is 11.9 Å². The molecular weight excluding hydrogens is 234 g/mol. The Morgan fingerprint density at radius 3 is 2.89 bits per heavy atom. The Hall–Kier alpha value is -1.96. The van der Waals surface area contributed by atoms with Crippen LogP contribution in [-0.2, 0) is 6.42 Å². The number of nitrogens with one attached hydrogen (secondary N) is 1. The maximum absolute atomic E-state index is 6.08. The van der Waals surface area contributed by atoms with Crippen LogP contribution in [0.5, 0.6) is 5.75 Å². The zero-order chi connectivity index (χ0) is 13.1. The second-order valence-corrected chi connectivity index (χ2v) is 5.13. The number of fused-ring (bicyclic) bond motifs is 1. The number of hydrogen-bond acceptors (Lipinski definition) is 2. The van der Waals surface area contributed by atoms with Crippen LogP contribution in [-0.4, -0.2) is 12.6 Å². The van der Waals surface area contributed by atoms with E-state index in [1.54, 1.807) is 0 Å². The lowest BCUT2D eigenvalue weighted by Crippen LogP contribution is -2.24. The van der Waals surface area contributed by atoms with Gasteiger partial charge in [0.05, 0.1) is 6.54 Å². The van der Waals surface area contributed by atoms with E-state index in [1.807, 2.05) is 12.1 Å². The monoisotopic (exact) mass is 253 g/mol. The third-order valence-corrected chi connectivity index (χ3v) is 3.57. The fourth-order valence-electron chi connectivity index (χ4n) is 2.53. The minimum Gasteiger partial charge on any atom is -0.489 e. The Bertz CT molecular complexity index is 538. The van der Waals surface area contributed by atoms with E-state index in [9.17, 15) is 0 Å². The highest BCUT2D eigenvalue weighted by atomic mass is 16.5. The molecule has 0 bridgehead atoms. The maximum atomic E-state index is 6.08. The van der Waals surface area contributed by atoms with Crippen LogP contribution in [0.3, 0.4) is 0 Å². The summed E-state index contributed by atoms with van der Waals surface area (Å²) in [5, 5.41) is 3.49. The molecule has 0 fully saturated rings. The molecule has 2 nitrogen and oxygen atoms in total. The number of benzene rings is 2. The molecule has 1 aliphatic rings. The summed E-state index contributed by atoms with van der Waals surface area (Å²) >= 11 is 0. The summed E-state index contributed by atoms with van der Waals surface area (Å²) in [6, 6.07) is 16.8. The number of para-hydroxylation sites is 1. The molecule has 19 heavy (non-hydrogen) atoms. The quantitative estimate of drug-likeness (QED) is 0.879. The highest BCUT2D eigenvalue weighted by Crippen LogP contribution is 2.23. The summed E-state index contributed by atoms with van der Waals surface area (Å²) in [5.74, 6) is 0.970. The summed E-state index contributed by atoms with van der Waals surface area (Å²) in [5.41, 5.74) is 3.87. The molecule has 0 amide bonds. The van der Waals surface area contributed by atoms with E-state index in [4.69, 9.17) is 4.74 Å². The molecule has 1 atom stereocenters. The van der Waals surface area contributed by atoms with Gasteiger partial charge < -0.3 is 10.1 Å². The van der Waals surface area contributed by atoms with Crippen molar-refractivity contribution < 1.29 is 4.74 Å². The topological polar surface area (TPSA) is 21.3 Å². The largest absolute Gasteiger partial charge is 0.489 e. The third kappa shape index (κ3) is 2.90. The van der Waals surface area contributed by atoms with Crippen molar-refractivity contribution in [2.24, 2.45) is 0 Å². The van der Waals surface area contributed by atoms with Crippen LogP contribution >= 0.6 is 0 Å². The first-order chi connectivity index (χ1) is 9.31. The van der Waals surface area contributed by atoms with Crippen molar-refractivity contribution in [2.45, 2.75) is 25.9 Å². The standard InChI is InChI=1S/C17H19NO/c1-13-5-4-7-15(11-13)19-16-10-9-14-6-2-3-8-17(14)18-12-16/h2-8,11,16,18H,9-10,12H2,1H3. The first-order valence-corrected chi connectivity index (χ1v) is 6.86. The molecule has 1 heterocycles. The van der Waals surface area contributed by atoms with Gasteiger partial charge in [-0.15, -0.1) is 0 Å². The molecule has 2 aromatic rings. The lowest BCUT2D eigenvalue weighted by Gasteiger charge is -2.17. The lowest BCUT2D eigenvalue weighted by atomic mass is 10.1. The van der Waals surface area contributed by atoms with Crippen molar-refractivity contribution in [1.29, 1.82) is 0 Å². The normalized spacial score (nSPS) is 18.1. The second-order valence-electron chi connectivity index (χ2n) is 5.13. The fraction of sp³-hybridized carbons (Fsp3) is 0.294. The van der Waals surface area contributed by atoms with Crippen LogP contribution in [0.15, 0.2) is 48.5 Å². The number of rotatable bonds is 2. The summed E-state index contributed by atoms with van der Waals surface area (Å²) in [6.45, 7) is 2.96. The van der Waals surface area contributed by atoms with Gasteiger partial charge in [-0.2, -0.15) is 0 Å². The van der Waals surface area contributed by atoms with Crippen molar-refractivity contribution in [3.63, 3.8) is 0 Å². The highest BCUT2D eigenvalue weighted by Gasteiger charge is 2.16. The molecule has 1 unspecified atom stereocenters. The van der Waals surface area contributed by atoms with E-state index in [2.05, 4.69) is 48.6 Å². The zero-order valence-electron chi connectivity index (χ0n) is 11.2. The molecule has 0 aromatic heterocycles. The molecule has 2 aromatic carbocycles. The second kappa shape index (κ2) is 5.35. The number of hydrogen-bond donors (Lipinski definition) is 1. The van der Waals surface area contributed by atoms with Gasteiger partial charge in [0.15, 0.2) is 0 Å². The Morgan fingerprint density at radius 2 is 2.00 bits per heavy atom. The van der Waals surface area contributed by atoms with Crippen molar-refractivity contribution in [1.82, 2.24) is 0 Å². The molecule has 0 radical (unpaired) electrons. The van der Waals surface area contributed by atoms with E-state index in [0.717, 1.165) is 25.1 Å². The van der Waals surface area contributed by atoms with Gasteiger partial charge in [0, 0.05) is 5.69 Å². The summed E-state index contributed by atoms with van der Waals surface area (Å²) in [7, 11) is 0. The number of anilines is 1. The molecule has 1 N–H and O–H groups in total. The van der Waals surface area contributed by atoms with E-state index in [0.29, 0.717) is 0 Å². The maximum Gasteiger partial charge on any atom is 0.120 e. The van der Waals surface area contributed by atoms with Gasteiger partial charge in [-0.05, 0) is 49.1 Å². The van der Waals surface area contributed by atoms with E-state index in [1.165, 1.54) is 16.8 Å². The molecule has 2 heteroatoms. The molecule has 0 saturated carbocycles. The van der Waals surface area contributed by atoms with Crippen LogP contribution in [0.2, 0.25) is 0 Å². The predicted octanol–water partition coefficient (Wildman–Crippen LogP) is 3.80. The average molecular weight is 253 g/mol. The van der Waals surface area contributed by atoms with Gasteiger partial charge >= 0.3 is 0 Å². The SMILES string of the molecule is Cc1cccc(OC2CCc3ccccc3NC2)c1. The average Bonchev–Trinajstić information content (AvgIpc) is 2.62. The highest BCUT2D eigenvalue weighted by molar-refractivity contribution is 5.52. The van der Waals surface area contributed by atoms with Crippen LogP contribution in [0.4, 0.5) is 5.69 Å². The fourth-order valence-corrected chi connectivity index (χ4v) is 2.53. The summed E-state index contributed by atoms with van der Waals surface area (Å²) < 4.78 is 6.08. The van der Waals surface area contributed by atoms with Gasteiger partial charge in [-0.3, -0.25) is 0 Å². The molecule has 0 saturated heterocycles. The van der Waals surface area contributed by atoms with E-state index >= 15 is 0 Å². The molecule has 1 aliphatic heterocycles.